The minimum atomic E-state index is -0.681. The highest BCUT2D eigenvalue weighted by atomic mass is 19.1. The molecule has 1 aromatic carbocycles. The first-order valence-corrected chi connectivity index (χ1v) is 5.23. The van der Waals surface area contributed by atoms with Crippen LogP contribution < -0.4 is 0 Å². The largest absolute Gasteiger partial charge is 0.285 e. The molecule has 1 fully saturated rings. The van der Waals surface area contributed by atoms with E-state index in [0.717, 1.165) is 17.0 Å². The number of carbonyl (C=O) groups is 2. The maximum absolute atomic E-state index is 13.4. The number of likely N-dealkylation sites (tertiary alicyclic amines) is 1. The zero-order chi connectivity index (χ0) is 12.6. The van der Waals surface area contributed by atoms with Gasteiger partial charge >= 0.3 is 0 Å². The van der Waals surface area contributed by atoms with Crippen molar-refractivity contribution in [1.82, 2.24) is 4.90 Å². The van der Waals surface area contributed by atoms with Crippen molar-refractivity contribution in [3.05, 3.63) is 35.4 Å². The van der Waals surface area contributed by atoms with E-state index in [2.05, 4.69) is 0 Å². The van der Waals surface area contributed by atoms with Crippen molar-refractivity contribution in [2.45, 2.75) is 12.8 Å². The molecule has 0 aliphatic carbocycles. The first kappa shape index (κ1) is 11.7. The standard InChI is InChI=1S/C12H11F2NO2/c1-15-11(16)5-8(12(15)17)4-7-2-3-9(13)6-10(7)14/h2-3,6,8H,4-5H2,1H3. The number of nitrogens with zero attached hydrogens (tertiary/aromatic N) is 1. The Bertz CT molecular complexity index is 487. The lowest BCUT2D eigenvalue weighted by Gasteiger charge is -2.09. The van der Waals surface area contributed by atoms with Crippen LogP contribution in [0.3, 0.4) is 0 Å². The molecule has 0 aromatic heterocycles. The fourth-order valence-corrected chi connectivity index (χ4v) is 1.94. The molecule has 1 saturated heterocycles. The summed E-state index contributed by atoms with van der Waals surface area (Å²) >= 11 is 0. The third-order valence-electron chi connectivity index (χ3n) is 2.96. The molecule has 1 atom stereocenters. The summed E-state index contributed by atoms with van der Waals surface area (Å²) in [6.45, 7) is 0. The molecular weight excluding hydrogens is 228 g/mol. The fourth-order valence-electron chi connectivity index (χ4n) is 1.94. The van der Waals surface area contributed by atoms with Crippen molar-refractivity contribution in [1.29, 1.82) is 0 Å². The van der Waals surface area contributed by atoms with Crippen LogP contribution in [-0.4, -0.2) is 23.8 Å². The van der Waals surface area contributed by atoms with Crippen molar-refractivity contribution < 1.29 is 18.4 Å². The molecule has 0 radical (unpaired) electrons. The Labute approximate surface area is 97.0 Å². The van der Waals surface area contributed by atoms with E-state index in [9.17, 15) is 18.4 Å². The number of rotatable bonds is 2. The van der Waals surface area contributed by atoms with Crippen LogP contribution in [0.2, 0.25) is 0 Å². The van der Waals surface area contributed by atoms with E-state index in [0.29, 0.717) is 0 Å². The van der Waals surface area contributed by atoms with E-state index in [1.165, 1.54) is 13.1 Å². The maximum Gasteiger partial charge on any atom is 0.232 e. The Hall–Kier alpha value is -1.78. The highest BCUT2D eigenvalue weighted by molar-refractivity contribution is 6.03. The lowest BCUT2D eigenvalue weighted by molar-refractivity contribution is -0.137. The molecule has 90 valence electrons. The predicted octanol–water partition coefficient (Wildman–Crippen LogP) is 1.51. The third kappa shape index (κ3) is 2.18. The van der Waals surface area contributed by atoms with Gasteiger partial charge in [-0.25, -0.2) is 8.78 Å². The van der Waals surface area contributed by atoms with Crippen molar-refractivity contribution >= 4 is 11.8 Å². The first-order valence-electron chi connectivity index (χ1n) is 5.23. The third-order valence-corrected chi connectivity index (χ3v) is 2.96. The topological polar surface area (TPSA) is 37.4 Å². The molecule has 17 heavy (non-hydrogen) atoms. The number of carbonyl (C=O) groups excluding carboxylic acids is 2. The summed E-state index contributed by atoms with van der Waals surface area (Å²) in [5, 5.41) is 0. The monoisotopic (exact) mass is 239 g/mol. The number of imide groups is 1. The molecule has 1 unspecified atom stereocenters. The van der Waals surface area contributed by atoms with Gasteiger partial charge in [0.1, 0.15) is 11.6 Å². The fraction of sp³-hybridized carbons (Fsp3) is 0.333. The Morgan fingerprint density at radius 2 is 2.06 bits per heavy atom. The van der Waals surface area contributed by atoms with E-state index < -0.39 is 17.6 Å². The highest BCUT2D eigenvalue weighted by Crippen LogP contribution is 2.23. The van der Waals surface area contributed by atoms with E-state index in [1.54, 1.807) is 0 Å². The summed E-state index contributed by atoms with van der Waals surface area (Å²) in [6, 6.07) is 3.23. The quantitative estimate of drug-likeness (QED) is 0.734. The maximum atomic E-state index is 13.4. The Balaban J connectivity index is 2.17. The van der Waals surface area contributed by atoms with Gasteiger partial charge in [-0.1, -0.05) is 6.07 Å². The van der Waals surface area contributed by atoms with Crippen molar-refractivity contribution in [2.24, 2.45) is 5.92 Å². The number of halogens is 2. The van der Waals surface area contributed by atoms with Crippen molar-refractivity contribution in [3.8, 4) is 0 Å². The molecule has 1 aliphatic rings. The van der Waals surface area contributed by atoms with Crippen LogP contribution in [0.1, 0.15) is 12.0 Å². The lowest BCUT2D eigenvalue weighted by Crippen LogP contribution is -2.26. The molecule has 2 rings (SSSR count). The second-order valence-corrected chi connectivity index (χ2v) is 4.13. The molecule has 1 aromatic rings. The van der Waals surface area contributed by atoms with Crippen molar-refractivity contribution in [3.63, 3.8) is 0 Å². The number of hydrogen-bond donors (Lipinski definition) is 0. The minimum absolute atomic E-state index is 0.0894. The molecule has 1 aliphatic heterocycles. The lowest BCUT2D eigenvalue weighted by atomic mass is 9.97. The Morgan fingerprint density at radius 3 is 2.59 bits per heavy atom. The van der Waals surface area contributed by atoms with Gasteiger partial charge in [0.15, 0.2) is 0 Å². The van der Waals surface area contributed by atoms with Crippen LogP contribution in [0.15, 0.2) is 18.2 Å². The van der Waals surface area contributed by atoms with E-state index in [1.807, 2.05) is 0 Å². The van der Waals surface area contributed by atoms with Gasteiger partial charge in [-0.15, -0.1) is 0 Å². The summed E-state index contributed by atoms with van der Waals surface area (Å²) in [4.78, 5) is 23.9. The first-order chi connectivity index (χ1) is 7.99. The van der Waals surface area contributed by atoms with E-state index in [-0.39, 0.29) is 30.2 Å². The molecule has 2 amide bonds. The average molecular weight is 239 g/mol. The van der Waals surface area contributed by atoms with Crippen LogP contribution in [0, 0.1) is 17.6 Å². The second kappa shape index (κ2) is 4.24. The SMILES string of the molecule is CN1C(=O)CC(Cc2ccc(F)cc2F)C1=O. The van der Waals surface area contributed by atoms with Crippen LogP contribution in [0.5, 0.6) is 0 Å². The van der Waals surface area contributed by atoms with Gasteiger partial charge in [-0.05, 0) is 18.1 Å². The molecule has 1 heterocycles. The van der Waals surface area contributed by atoms with Gasteiger partial charge in [0.25, 0.3) is 0 Å². The van der Waals surface area contributed by atoms with Gasteiger partial charge in [-0.3, -0.25) is 14.5 Å². The smallest absolute Gasteiger partial charge is 0.232 e. The molecule has 0 bridgehead atoms. The summed E-state index contributed by atoms with van der Waals surface area (Å²) < 4.78 is 26.1. The van der Waals surface area contributed by atoms with Gasteiger partial charge in [-0.2, -0.15) is 0 Å². The molecule has 3 nitrogen and oxygen atoms in total. The summed E-state index contributed by atoms with van der Waals surface area (Å²) in [5.74, 6) is -2.44. The zero-order valence-corrected chi connectivity index (χ0v) is 9.24. The van der Waals surface area contributed by atoms with Crippen LogP contribution >= 0.6 is 0 Å². The Kier molecular flexibility index (Phi) is 2.92. The van der Waals surface area contributed by atoms with Crippen molar-refractivity contribution in [2.75, 3.05) is 7.05 Å². The molecule has 5 heteroatoms. The van der Waals surface area contributed by atoms with Gasteiger partial charge < -0.3 is 0 Å². The zero-order valence-electron chi connectivity index (χ0n) is 9.24. The van der Waals surface area contributed by atoms with Gasteiger partial charge in [0.2, 0.25) is 11.8 Å². The van der Waals surface area contributed by atoms with E-state index >= 15 is 0 Å². The summed E-state index contributed by atoms with van der Waals surface area (Å²) in [5.41, 5.74) is 0.257. The van der Waals surface area contributed by atoms with Crippen LogP contribution in [0.4, 0.5) is 8.78 Å². The minimum Gasteiger partial charge on any atom is -0.285 e. The molecule has 0 spiro atoms. The second-order valence-electron chi connectivity index (χ2n) is 4.13. The number of hydrogen-bond acceptors (Lipinski definition) is 2. The van der Waals surface area contributed by atoms with E-state index in [4.69, 9.17) is 0 Å². The number of benzene rings is 1. The normalized spacial score (nSPS) is 20.2. The highest BCUT2D eigenvalue weighted by Gasteiger charge is 2.36. The van der Waals surface area contributed by atoms with Crippen LogP contribution in [-0.2, 0) is 16.0 Å². The van der Waals surface area contributed by atoms with Gasteiger partial charge in [0, 0.05) is 19.5 Å². The Morgan fingerprint density at radius 1 is 1.35 bits per heavy atom. The van der Waals surface area contributed by atoms with Gasteiger partial charge in [0.05, 0.1) is 5.92 Å². The molecule has 0 saturated carbocycles. The molecular formula is C12H11F2NO2. The predicted molar refractivity (Wildman–Crippen MR) is 55.9 cm³/mol. The van der Waals surface area contributed by atoms with Crippen LogP contribution in [0.25, 0.3) is 0 Å². The summed E-state index contributed by atoms with van der Waals surface area (Å²) in [6.07, 6.45) is 0.215. The molecule has 0 N–H and O–H groups in total. The summed E-state index contributed by atoms with van der Waals surface area (Å²) in [7, 11) is 1.41. The number of amides is 2. The average Bonchev–Trinajstić information content (AvgIpc) is 2.50.